The van der Waals surface area contributed by atoms with Crippen LogP contribution in [0.3, 0.4) is 0 Å². The lowest BCUT2D eigenvalue weighted by atomic mass is 10.2. The van der Waals surface area contributed by atoms with Crippen LogP contribution in [0.4, 0.5) is 10.5 Å². The summed E-state index contributed by atoms with van der Waals surface area (Å²) in [5.41, 5.74) is 1.42. The zero-order valence-corrected chi connectivity index (χ0v) is 11.3. The topological polar surface area (TPSA) is 61.4 Å². The van der Waals surface area contributed by atoms with Crippen LogP contribution in [0.15, 0.2) is 18.2 Å². The number of carbonyl (C=O) groups excluding carboxylic acids is 2. The number of carbonyl (C=O) groups is 2. The number of hydrogen-bond acceptors (Lipinski definition) is 2. The molecule has 0 heterocycles. The third-order valence-electron chi connectivity index (χ3n) is 2.24. The van der Waals surface area contributed by atoms with Crippen LogP contribution in [-0.4, -0.2) is 30.9 Å². The van der Waals surface area contributed by atoms with Crippen molar-refractivity contribution in [3.8, 4) is 0 Å². The third-order valence-corrected chi connectivity index (χ3v) is 2.59. The summed E-state index contributed by atoms with van der Waals surface area (Å²) < 4.78 is 0. The minimum Gasteiger partial charge on any atom is -0.352 e. The quantitative estimate of drug-likeness (QED) is 0.882. The van der Waals surface area contributed by atoms with Crippen LogP contribution in [0.5, 0.6) is 0 Å². The summed E-state index contributed by atoms with van der Waals surface area (Å²) in [6.45, 7) is 1.82. The van der Waals surface area contributed by atoms with Crippen LogP contribution in [-0.2, 0) is 11.3 Å². The molecule has 0 unspecified atom stereocenters. The van der Waals surface area contributed by atoms with Gasteiger partial charge in [-0.1, -0.05) is 17.7 Å². The Morgan fingerprint density at radius 3 is 2.50 bits per heavy atom. The molecule has 3 amide bonds. The van der Waals surface area contributed by atoms with Crippen molar-refractivity contribution in [3.63, 3.8) is 0 Å². The first-order valence-electron chi connectivity index (χ1n) is 5.41. The van der Waals surface area contributed by atoms with Crippen LogP contribution < -0.4 is 10.6 Å². The first-order chi connectivity index (χ1) is 8.40. The van der Waals surface area contributed by atoms with Crippen molar-refractivity contribution in [1.29, 1.82) is 0 Å². The summed E-state index contributed by atoms with van der Waals surface area (Å²) in [4.78, 5) is 23.7. The average molecular weight is 270 g/mol. The van der Waals surface area contributed by atoms with Gasteiger partial charge in [-0.3, -0.25) is 4.79 Å². The largest absolute Gasteiger partial charge is 0.352 e. The van der Waals surface area contributed by atoms with Gasteiger partial charge in [-0.05, 0) is 17.7 Å². The van der Waals surface area contributed by atoms with E-state index in [0.717, 1.165) is 5.56 Å². The number of urea groups is 1. The molecule has 1 rings (SSSR count). The molecule has 6 heteroatoms. The van der Waals surface area contributed by atoms with E-state index in [1.165, 1.54) is 11.8 Å². The lowest BCUT2D eigenvalue weighted by Crippen LogP contribution is -2.27. The Kier molecular flexibility index (Phi) is 4.97. The summed E-state index contributed by atoms with van der Waals surface area (Å²) in [6.07, 6.45) is 0. The summed E-state index contributed by atoms with van der Waals surface area (Å²) >= 11 is 6.06. The Labute approximate surface area is 111 Å². The van der Waals surface area contributed by atoms with E-state index in [4.69, 9.17) is 11.6 Å². The molecular weight excluding hydrogens is 254 g/mol. The highest BCUT2D eigenvalue weighted by molar-refractivity contribution is 6.31. The molecule has 0 radical (unpaired) electrons. The summed E-state index contributed by atoms with van der Waals surface area (Å²) in [5.74, 6) is -0.115. The average Bonchev–Trinajstić information content (AvgIpc) is 2.27. The molecule has 0 fully saturated rings. The summed E-state index contributed by atoms with van der Waals surface area (Å²) in [5, 5.41) is 5.85. The first-order valence-corrected chi connectivity index (χ1v) is 5.79. The van der Waals surface area contributed by atoms with E-state index >= 15 is 0 Å². The standard InChI is InChI=1S/C12H16ClN3O2/c1-8(17)14-7-9-4-5-10(6-11(9)13)15-12(18)16(2)3/h4-6H,7H2,1-3H3,(H,14,17)(H,15,18). The second-order valence-corrected chi connectivity index (χ2v) is 4.45. The van der Waals surface area contributed by atoms with E-state index in [-0.39, 0.29) is 11.9 Å². The number of nitrogens with zero attached hydrogens (tertiary/aromatic N) is 1. The number of halogens is 1. The molecule has 0 saturated carbocycles. The minimum atomic E-state index is -0.222. The first kappa shape index (κ1) is 14.3. The normalized spacial score (nSPS) is 9.78. The number of rotatable bonds is 3. The summed E-state index contributed by atoms with van der Waals surface area (Å²) in [7, 11) is 3.31. The molecule has 18 heavy (non-hydrogen) atoms. The van der Waals surface area contributed by atoms with Crippen molar-refractivity contribution in [2.24, 2.45) is 0 Å². The Morgan fingerprint density at radius 2 is 2.00 bits per heavy atom. The van der Waals surface area contributed by atoms with Crippen molar-refractivity contribution in [1.82, 2.24) is 10.2 Å². The monoisotopic (exact) mass is 269 g/mol. The highest BCUT2D eigenvalue weighted by Crippen LogP contribution is 2.21. The van der Waals surface area contributed by atoms with Gasteiger partial charge in [0.1, 0.15) is 0 Å². The van der Waals surface area contributed by atoms with Crippen molar-refractivity contribution in [2.45, 2.75) is 13.5 Å². The van der Waals surface area contributed by atoms with Crippen molar-refractivity contribution < 1.29 is 9.59 Å². The van der Waals surface area contributed by atoms with Gasteiger partial charge in [0.15, 0.2) is 0 Å². The SMILES string of the molecule is CC(=O)NCc1ccc(NC(=O)N(C)C)cc1Cl. The molecule has 0 bridgehead atoms. The van der Waals surface area contributed by atoms with E-state index < -0.39 is 0 Å². The predicted molar refractivity (Wildman–Crippen MR) is 71.7 cm³/mol. The number of anilines is 1. The number of benzene rings is 1. The molecule has 1 aromatic rings. The van der Waals surface area contributed by atoms with E-state index in [0.29, 0.717) is 17.3 Å². The van der Waals surface area contributed by atoms with E-state index in [1.807, 2.05) is 0 Å². The van der Waals surface area contributed by atoms with Crippen molar-refractivity contribution in [3.05, 3.63) is 28.8 Å². The molecule has 0 saturated heterocycles. The molecule has 0 aromatic heterocycles. The van der Waals surface area contributed by atoms with Gasteiger partial charge in [0.25, 0.3) is 0 Å². The number of amides is 3. The Morgan fingerprint density at radius 1 is 1.33 bits per heavy atom. The van der Waals surface area contributed by atoms with E-state index in [9.17, 15) is 9.59 Å². The van der Waals surface area contributed by atoms with Gasteiger partial charge in [-0.2, -0.15) is 0 Å². The maximum Gasteiger partial charge on any atom is 0.321 e. The second-order valence-electron chi connectivity index (χ2n) is 4.04. The maximum absolute atomic E-state index is 11.4. The highest BCUT2D eigenvalue weighted by Gasteiger charge is 2.06. The van der Waals surface area contributed by atoms with E-state index in [2.05, 4.69) is 10.6 Å². The fourth-order valence-corrected chi connectivity index (χ4v) is 1.47. The molecule has 0 aliphatic heterocycles. The number of nitrogens with one attached hydrogen (secondary N) is 2. The van der Waals surface area contributed by atoms with Crippen LogP contribution >= 0.6 is 11.6 Å². The molecule has 98 valence electrons. The van der Waals surface area contributed by atoms with E-state index in [1.54, 1.807) is 32.3 Å². The molecule has 0 atom stereocenters. The van der Waals surface area contributed by atoms with Crippen LogP contribution in [0, 0.1) is 0 Å². The van der Waals surface area contributed by atoms with Crippen molar-refractivity contribution >= 4 is 29.2 Å². The van der Waals surface area contributed by atoms with Gasteiger partial charge in [-0.15, -0.1) is 0 Å². The molecular formula is C12H16ClN3O2. The molecule has 5 nitrogen and oxygen atoms in total. The molecule has 0 aliphatic rings. The third kappa shape index (κ3) is 4.25. The van der Waals surface area contributed by atoms with Gasteiger partial charge >= 0.3 is 6.03 Å². The lowest BCUT2D eigenvalue weighted by molar-refractivity contribution is -0.119. The molecule has 0 spiro atoms. The van der Waals surface area contributed by atoms with Crippen LogP contribution in [0.1, 0.15) is 12.5 Å². The molecule has 0 aliphatic carbocycles. The van der Waals surface area contributed by atoms with Gasteiger partial charge < -0.3 is 15.5 Å². The van der Waals surface area contributed by atoms with Crippen molar-refractivity contribution in [2.75, 3.05) is 19.4 Å². The van der Waals surface area contributed by atoms with Gasteiger partial charge in [0.2, 0.25) is 5.91 Å². The van der Waals surface area contributed by atoms with Gasteiger partial charge in [0.05, 0.1) is 0 Å². The Hall–Kier alpha value is -1.75. The van der Waals surface area contributed by atoms with Gasteiger partial charge in [0, 0.05) is 38.3 Å². The Balaban J connectivity index is 2.73. The minimum absolute atomic E-state index is 0.115. The summed E-state index contributed by atoms with van der Waals surface area (Å²) in [6, 6.07) is 4.94. The predicted octanol–water partition coefficient (Wildman–Crippen LogP) is 2.07. The fraction of sp³-hybridized carbons (Fsp3) is 0.333. The van der Waals surface area contributed by atoms with Gasteiger partial charge in [-0.25, -0.2) is 4.79 Å². The second kappa shape index (κ2) is 6.26. The lowest BCUT2D eigenvalue weighted by Gasteiger charge is -2.13. The zero-order chi connectivity index (χ0) is 13.7. The highest BCUT2D eigenvalue weighted by atomic mass is 35.5. The smallest absolute Gasteiger partial charge is 0.321 e. The fourth-order valence-electron chi connectivity index (χ4n) is 1.22. The molecule has 1 aromatic carbocycles. The maximum atomic E-state index is 11.4. The van der Waals surface area contributed by atoms with Crippen LogP contribution in [0.25, 0.3) is 0 Å². The van der Waals surface area contributed by atoms with Crippen LogP contribution in [0.2, 0.25) is 5.02 Å². The zero-order valence-electron chi connectivity index (χ0n) is 10.6. The Bertz CT molecular complexity index is 461. The molecule has 2 N–H and O–H groups in total. The number of hydrogen-bond donors (Lipinski definition) is 2.